The van der Waals surface area contributed by atoms with Gasteiger partial charge in [-0.2, -0.15) is 4.99 Å². The first-order valence-corrected chi connectivity index (χ1v) is 7.25. The number of ether oxygens (including phenoxy) is 1. The lowest BCUT2D eigenvalue weighted by Gasteiger charge is -2.04. The van der Waals surface area contributed by atoms with Crippen molar-refractivity contribution in [2.45, 2.75) is 6.54 Å². The Morgan fingerprint density at radius 2 is 1.77 bits per heavy atom. The van der Waals surface area contributed by atoms with E-state index in [1.165, 1.54) is 0 Å². The number of nitrogens with zero attached hydrogens (tertiary/aromatic N) is 2. The molecule has 0 bridgehead atoms. The quantitative estimate of drug-likeness (QED) is 0.711. The summed E-state index contributed by atoms with van der Waals surface area (Å²) in [6, 6.07) is 17.5. The molecule has 22 heavy (non-hydrogen) atoms. The number of para-hydroxylation sites is 3. The summed E-state index contributed by atoms with van der Waals surface area (Å²) >= 11 is 0. The molecule has 0 amide bonds. The van der Waals surface area contributed by atoms with Crippen molar-refractivity contribution in [1.82, 2.24) is 4.57 Å². The number of benzene rings is 2. The van der Waals surface area contributed by atoms with Gasteiger partial charge in [-0.05, 0) is 24.3 Å². The number of hydrogen-bond donors (Lipinski definition) is 1. The first-order valence-electron chi connectivity index (χ1n) is 7.25. The van der Waals surface area contributed by atoms with Crippen molar-refractivity contribution in [2.75, 3.05) is 19.8 Å². The molecule has 0 fully saturated rings. The molecule has 3 rings (SSSR count). The molecule has 0 saturated carbocycles. The highest BCUT2D eigenvalue weighted by molar-refractivity contribution is 5.72. The zero-order chi connectivity index (χ0) is 15.2. The standard InChI is InChI=1S/C17H18N2O3/c20-11-13-21-12-10-19-15-8-4-5-9-16(15)22-17(19)18-14-6-2-1-3-7-14/h1-9,20H,10-13H2. The minimum atomic E-state index is 0.0258. The molecule has 0 atom stereocenters. The van der Waals surface area contributed by atoms with E-state index in [4.69, 9.17) is 14.3 Å². The highest BCUT2D eigenvalue weighted by Crippen LogP contribution is 2.14. The van der Waals surface area contributed by atoms with Crippen molar-refractivity contribution >= 4 is 16.8 Å². The summed E-state index contributed by atoms with van der Waals surface area (Å²) < 4.78 is 13.2. The van der Waals surface area contributed by atoms with Gasteiger partial charge in [-0.25, -0.2) is 0 Å². The SMILES string of the molecule is OCCOCCn1c(=Nc2ccccc2)oc2ccccc21. The predicted octanol–water partition coefficient (Wildman–Crippen LogP) is 2.48. The van der Waals surface area contributed by atoms with Crippen LogP contribution in [0, 0.1) is 0 Å². The maximum Gasteiger partial charge on any atom is 0.303 e. The Morgan fingerprint density at radius 1 is 1.00 bits per heavy atom. The van der Waals surface area contributed by atoms with Crippen LogP contribution in [0.15, 0.2) is 64.0 Å². The van der Waals surface area contributed by atoms with E-state index in [1.54, 1.807) is 0 Å². The maximum absolute atomic E-state index is 8.78. The fraction of sp³-hybridized carbons (Fsp3) is 0.235. The van der Waals surface area contributed by atoms with Crippen LogP contribution in [0.2, 0.25) is 0 Å². The summed E-state index contributed by atoms with van der Waals surface area (Å²) in [7, 11) is 0. The number of oxazole rings is 1. The first kappa shape index (κ1) is 14.6. The number of rotatable bonds is 6. The van der Waals surface area contributed by atoms with Crippen molar-refractivity contribution in [3.05, 3.63) is 60.3 Å². The normalized spacial score (nSPS) is 12.1. The average molecular weight is 298 g/mol. The predicted molar refractivity (Wildman–Crippen MR) is 83.8 cm³/mol. The summed E-state index contributed by atoms with van der Waals surface area (Å²) in [4.78, 5) is 4.57. The summed E-state index contributed by atoms with van der Waals surface area (Å²) in [5, 5.41) is 8.78. The van der Waals surface area contributed by atoms with Gasteiger partial charge in [0.05, 0.1) is 37.6 Å². The van der Waals surface area contributed by atoms with E-state index in [-0.39, 0.29) is 6.61 Å². The zero-order valence-corrected chi connectivity index (χ0v) is 12.2. The number of aliphatic hydroxyl groups is 1. The average Bonchev–Trinajstić information content (AvgIpc) is 2.90. The number of aromatic nitrogens is 1. The molecule has 0 radical (unpaired) electrons. The number of aliphatic hydroxyl groups excluding tert-OH is 1. The first-order chi connectivity index (χ1) is 10.9. The second-order valence-electron chi connectivity index (χ2n) is 4.79. The molecule has 2 aromatic carbocycles. The number of hydrogen-bond acceptors (Lipinski definition) is 4. The van der Waals surface area contributed by atoms with Crippen LogP contribution in [-0.2, 0) is 11.3 Å². The van der Waals surface area contributed by atoms with Gasteiger partial charge >= 0.3 is 5.68 Å². The van der Waals surface area contributed by atoms with Crippen LogP contribution < -0.4 is 5.68 Å². The zero-order valence-electron chi connectivity index (χ0n) is 12.2. The van der Waals surface area contributed by atoms with Crippen LogP contribution in [0.3, 0.4) is 0 Å². The van der Waals surface area contributed by atoms with Crippen molar-refractivity contribution < 1.29 is 14.3 Å². The Labute approximate surface area is 128 Å². The Bertz CT molecular complexity index is 790. The van der Waals surface area contributed by atoms with E-state index in [0.29, 0.717) is 25.4 Å². The third-order valence-electron chi connectivity index (χ3n) is 3.26. The molecule has 1 N–H and O–H groups in total. The molecule has 1 aromatic heterocycles. The molecular weight excluding hydrogens is 280 g/mol. The van der Waals surface area contributed by atoms with Crippen molar-refractivity contribution in [2.24, 2.45) is 4.99 Å². The molecule has 0 spiro atoms. The fourth-order valence-corrected chi connectivity index (χ4v) is 2.26. The van der Waals surface area contributed by atoms with Gasteiger partial charge in [-0.3, -0.25) is 4.57 Å². The lowest BCUT2D eigenvalue weighted by atomic mass is 10.3. The van der Waals surface area contributed by atoms with Crippen LogP contribution in [-0.4, -0.2) is 29.5 Å². The van der Waals surface area contributed by atoms with Crippen LogP contribution in [0.1, 0.15) is 0 Å². The highest BCUT2D eigenvalue weighted by atomic mass is 16.5. The fourth-order valence-electron chi connectivity index (χ4n) is 2.26. The molecule has 5 heteroatoms. The van der Waals surface area contributed by atoms with Crippen molar-refractivity contribution in [1.29, 1.82) is 0 Å². The molecule has 0 unspecified atom stereocenters. The van der Waals surface area contributed by atoms with Gasteiger partial charge in [0.15, 0.2) is 5.58 Å². The summed E-state index contributed by atoms with van der Waals surface area (Å²) in [5.41, 5.74) is 3.15. The van der Waals surface area contributed by atoms with E-state index in [9.17, 15) is 0 Å². The molecule has 0 aliphatic rings. The van der Waals surface area contributed by atoms with Gasteiger partial charge in [0, 0.05) is 0 Å². The van der Waals surface area contributed by atoms with Gasteiger partial charge in [-0.15, -0.1) is 0 Å². The van der Waals surface area contributed by atoms with Gasteiger partial charge < -0.3 is 14.3 Å². The van der Waals surface area contributed by atoms with Gasteiger partial charge in [0.2, 0.25) is 0 Å². The largest absolute Gasteiger partial charge is 0.423 e. The summed E-state index contributed by atoms with van der Waals surface area (Å²) in [5.74, 6) is 0. The van der Waals surface area contributed by atoms with Gasteiger partial charge in [0.25, 0.3) is 0 Å². The Balaban J connectivity index is 1.99. The molecule has 0 aliphatic carbocycles. The van der Waals surface area contributed by atoms with E-state index < -0.39 is 0 Å². The van der Waals surface area contributed by atoms with E-state index in [2.05, 4.69) is 4.99 Å². The van der Waals surface area contributed by atoms with Crippen LogP contribution >= 0.6 is 0 Å². The highest BCUT2D eigenvalue weighted by Gasteiger charge is 2.07. The minimum Gasteiger partial charge on any atom is -0.423 e. The minimum absolute atomic E-state index is 0.0258. The van der Waals surface area contributed by atoms with Crippen molar-refractivity contribution in [3.63, 3.8) is 0 Å². The third kappa shape index (κ3) is 3.27. The lowest BCUT2D eigenvalue weighted by molar-refractivity contribution is 0.0864. The van der Waals surface area contributed by atoms with Crippen molar-refractivity contribution in [3.8, 4) is 0 Å². The summed E-state index contributed by atoms with van der Waals surface area (Å²) in [6.07, 6.45) is 0. The second kappa shape index (κ2) is 7.06. The van der Waals surface area contributed by atoms with E-state index in [0.717, 1.165) is 16.8 Å². The van der Waals surface area contributed by atoms with E-state index >= 15 is 0 Å². The Hall–Kier alpha value is -2.37. The summed E-state index contributed by atoms with van der Waals surface area (Å²) in [6.45, 7) is 1.47. The Kier molecular flexibility index (Phi) is 4.68. The molecule has 1 heterocycles. The molecule has 5 nitrogen and oxygen atoms in total. The lowest BCUT2D eigenvalue weighted by Crippen LogP contribution is -2.19. The Morgan fingerprint density at radius 3 is 2.59 bits per heavy atom. The van der Waals surface area contributed by atoms with Crippen LogP contribution in [0.5, 0.6) is 0 Å². The monoisotopic (exact) mass is 298 g/mol. The number of fused-ring (bicyclic) bond motifs is 1. The topological polar surface area (TPSA) is 59.9 Å². The maximum atomic E-state index is 8.78. The molecular formula is C17H18N2O3. The van der Waals surface area contributed by atoms with Crippen LogP contribution in [0.4, 0.5) is 5.69 Å². The van der Waals surface area contributed by atoms with Gasteiger partial charge in [0.1, 0.15) is 0 Å². The molecule has 0 saturated heterocycles. The second-order valence-corrected chi connectivity index (χ2v) is 4.79. The third-order valence-corrected chi connectivity index (χ3v) is 3.26. The smallest absolute Gasteiger partial charge is 0.303 e. The molecule has 3 aromatic rings. The molecule has 114 valence electrons. The van der Waals surface area contributed by atoms with E-state index in [1.807, 2.05) is 59.2 Å². The van der Waals surface area contributed by atoms with Gasteiger partial charge in [-0.1, -0.05) is 30.3 Å². The van der Waals surface area contributed by atoms with Crippen LogP contribution in [0.25, 0.3) is 11.1 Å². The molecule has 0 aliphatic heterocycles.